The zero-order valence-electron chi connectivity index (χ0n) is 7.82. The van der Waals surface area contributed by atoms with Crippen molar-refractivity contribution in [1.82, 2.24) is 0 Å². The van der Waals surface area contributed by atoms with Gasteiger partial charge in [0.25, 0.3) is 0 Å². The number of thioether (sulfide) groups is 1. The van der Waals surface area contributed by atoms with Crippen LogP contribution < -0.4 is 4.74 Å². The molecule has 1 aromatic rings. The van der Waals surface area contributed by atoms with E-state index in [1.807, 2.05) is 30.3 Å². The van der Waals surface area contributed by atoms with Crippen LogP contribution in [-0.2, 0) is 0 Å². The van der Waals surface area contributed by atoms with Crippen LogP contribution in [0.3, 0.4) is 0 Å². The molecule has 0 radical (unpaired) electrons. The van der Waals surface area contributed by atoms with Crippen LogP contribution in [0.2, 0.25) is 0 Å². The van der Waals surface area contributed by atoms with E-state index in [2.05, 4.69) is 12.8 Å². The first-order chi connectivity index (χ1) is 6.36. The van der Waals surface area contributed by atoms with Crippen LogP contribution in [0, 0.1) is 0 Å². The van der Waals surface area contributed by atoms with Gasteiger partial charge >= 0.3 is 0 Å². The summed E-state index contributed by atoms with van der Waals surface area (Å²) >= 11 is 1.79. The van der Waals surface area contributed by atoms with E-state index in [9.17, 15) is 0 Å². The molecule has 70 valence electrons. The van der Waals surface area contributed by atoms with E-state index in [1.165, 1.54) is 0 Å². The Balaban J connectivity index is 2.51. The molecule has 0 saturated heterocycles. The molecule has 0 spiro atoms. The molecule has 0 aromatic heterocycles. The molecule has 1 rings (SSSR count). The molecule has 0 saturated carbocycles. The third kappa shape index (κ3) is 3.55. The Morgan fingerprint density at radius 3 is 3.08 bits per heavy atom. The topological polar surface area (TPSA) is 9.23 Å². The molecule has 1 nitrogen and oxygen atoms in total. The normalized spacial score (nSPS) is 9.62. The first kappa shape index (κ1) is 10.2. The summed E-state index contributed by atoms with van der Waals surface area (Å²) < 4.78 is 5.52. The van der Waals surface area contributed by atoms with E-state index in [0.717, 1.165) is 23.7 Å². The summed E-state index contributed by atoms with van der Waals surface area (Å²) in [6, 6.07) is 7.94. The third-order valence-corrected chi connectivity index (χ3v) is 2.22. The molecule has 13 heavy (non-hydrogen) atoms. The molecule has 0 atom stereocenters. The Hall–Kier alpha value is -0.890. The lowest BCUT2D eigenvalue weighted by Crippen LogP contribution is -1.99. The Morgan fingerprint density at radius 2 is 2.38 bits per heavy atom. The molecule has 0 amide bonds. The second-order valence-electron chi connectivity index (χ2n) is 2.62. The summed E-state index contributed by atoms with van der Waals surface area (Å²) in [5.41, 5.74) is 1.10. The molecule has 0 aliphatic rings. The fourth-order valence-corrected chi connectivity index (χ4v) is 1.22. The predicted molar refractivity (Wildman–Crippen MR) is 60.4 cm³/mol. The highest BCUT2D eigenvalue weighted by molar-refractivity contribution is 7.98. The summed E-state index contributed by atoms with van der Waals surface area (Å²) in [6.07, 6.45) is 3.89. The van der Waals surface area contributed by atoms with Gasteiger partial charge in [0.1, 0.15) is 5.75 Å². The number of benzene rings is 1. The highest BCUT2D eigenvalue weighted by Gasteiger charge is 1.93. The second kappa shape index (κ2) is 5.70. The number of hydrogen-bond donors (Lipinski definition) is 0. The minimum atomic E-state index is 0.766. The highest BCUT2D eigenvalue weighted by Crippen LogP contribution is 2.14. The minimum Gasteiger partial charge on any atom is -0.493 e. The van der Waals surface area contributed by atoms with Crippen LogP contribution in [0.5, 0.6) is 5.75 Å². The monoisotopic (exact) mass is 194 g/mol. The molecule has 0 unspecified atom stereocenters. The molecule has 0 N–H and O–H groups in total. The fraction of sp³-hybridized carbons (Fsp3) is 0.273. The summed E-state index contributed by atoms with van der Waals surface area (Å²) in [6.45, 7) is 4.47. The maximum atomic E-state index is 5.52. The summed E-state index contributed by atoms with van der Waals surface area (Å²) in [4.78, 5) is 0. The van der Waals surface area contributed by atoms with Gasteiger partial charge in [0.15, 0.2) is 0 Å². The lowest BCUT2D eigenvalue weighted by Gasteiger charge is -2.05. The van der Waals surface area contributed by atoms with Crippen molar-refractivity contribution in [2.45, 2.75) is 0 Å². The van der Waals surface area contributed by atoms with E-state index in [0.29, 0.717) is 0 Å². The number of rotatable bonds is 5. The van der Waals surface area contributed by atoms with E-state index < -0.39 is 0 Å². The van der Waals surface area contributed by atoms with Gasteiger partial charge in [0.2, 0.25) is 0 Å². The van der Waals surface area contributed by atoms with Gasteiger partial charge in [0, 0.05) is 5.75 Å². The zero-order chi connectivity index (χ0) is 9.52. The van der Waals surface area contributed by atoms with Crippen LogP contribution >= 0.6 is 11.8 Å². The Bertz CT molecular complexity index is 271. The molecule has 2 heteroatoms. The standard InChI is InChI=1S/C11H14OS/c1-3-10-5-4-6-11(9-10)12-7-8-13-2/h3-6,9H,1,7-8H2,2H3. The number of ether oxygens (including phenoxy) is 1. The Morgan fingerprint density at radius 1 is 1.54 bits per heavy atom. The van der Waals surface area contributed by atoms with Crippen molar-refractivity contribution in [3.05, 3.63) is 36.4 Å². The summed E-state index contributed by atoms with van der Waals surface area (Å²) in [5, 5.41) is 0. The average Bonchev–Trinajstić information content (AvgIpc) is 2.19. The van der Waals surface area contributed by atoms with E-state index in [-0.39, 0.29) is 0 Å². The van der Waals surface area contributed by atoms with Gasteiger partial charge in [-0.2, -0.15) is 11.8 Å². The van der Waals surface area contributed by atoms with Gasteiger partial charge in [-0.15, -0.1) is 0 Å². The van der Waals surface area contributed by atoms with Gasteiger partial charge in [-0.05, 0) is 24.0 Å². The quantitative estimate of drug-likeness (QED) is 0.666. The molecule has 1 aromatic carbocycles. The van der Waals surface area contributed by atoms with E-state index in [1.54, 1.807) is 11.8 Å². The largest absolute Gasteiger partial charge is 0.493 e. The van der Waals surface area contributed by atoms with Crippen LogP contribution in [0.4, 0.5) is 0 Å². The van der Waals surface area contributed by atoms with Crippen molar-refractivity contribution in [3.8, 4) is 5.75 Å². The molecule has 0 aliphatic carbocycles. The van der Waals surface area contributed by atoms with Gasteiger partial charge in [-0.25, -0.2) is 0 Å². The van der Waals surface area contributed by atoms with Crippen molar-refractivity contribution in [2.24, 2.45) is 0 Å². The van der Waals surface area contributed by atoms with Crippen LogP contribution in [0.25, 0.3) is 6.08 Å². The molecule has 0 bridgehead atoms. The van der Waals surface area contributed by atoms with E-state index in [4.69, 9.17) is 4.74 Å². The van der Waals surface area contributed by atoms with Gasteiger partial charge in [-0.1, -0.05) is 24.8 Å². The third-order valence-electron chi connectivity index (χ3n) is 1.65. The fourth-order valence-electron chi connectivity index (χ4n) is 0.974. The van der Waals surface area contributed by atoms with Crippen LogP contribution in [0.15, 0.2) is 30.8 Å². The first-order valence-electron chi connectivity index (χ1n) is 4.21. The summed E-state index contributed by atoms with van der Waals surface area (Å²) in [5.74, 6) is 1.95. The SMILES string of the molecule is C=Cc1cccc(OCCSC)c1. The highest BCUT2D eigenvalue weighted by atomic mass is 32.2. The second-order valence-corrected chi connectivity index (χ2v) is 3.60. The lowest BCUT2D eigenvalue weighted by atomic mass is 10.2. The van der Waals surface area contributed by atoms with Crippen LogP contribution in [0.1, 0.15) is 5.56 Å². The zero-order valence-corrected chi connectivity index (χ0v) is 8.64. The van der Waals surface area contributed by atoms with Crippen molar-refractivity contribution in [3.63, 3.8) is 0 Å². The molecule has 0 fully saturated rings. The first-order valence-corrected chi connectivity index (χ1v) is 5.60. The minimum absolute atomic E-state index is 0.766. The predicted octanol–water partition coefficient (Wildman–Crippen LogP) is 3.07. The molecule has 0 heterocycles. The van der Waals surface area contributed by atoms with Crippen LogP contribution in [-0.4, -0.2) is 18.6 Å². The van der Waals surface area contributed by atoms with Crippen molar-refractivity contribution in [1.29, 1.82) is 0 Å². The lowest BCUT2D eigenvalue weighted by molar-refractivity contribution is 0.344. The smallest absolute Gasteiger partial charge is 0.119 e. The Labute approximate surface area is 83.8 Å². The average molecular weight is 194 g/mol. The van der Waals surface area contributed by atoms with Gasteiger partial charge in [0.05, 0.1) is 6.61 Å². The van der Waals surface area contributed by atoms with Crippen molar-refractivity contribution < 1.29 is 4.74 Å². The van der Waals surface area contributed by atoms with Gasteiger partial charge < -0.3 is 4.74 Å². The molecule has 0 aliphatic heterocycles. The molecular formula is C11H14OS. The van der Waals surface area contributed by atoms with Gasteiger partial charge in [-0.3, -0.25) is 0 Å². The Kier molecular flexibility index (Phi) is 4.47. The maximum absolute atomic E-state index is 5.52. The van der Waals surface area contributed by atoms with Crippen molar-refractivity contribution in [2.75, 3.05) is 18.6 Å². The molecular weight excluding hydrogens is 180 g/mol. The van der Waals surface area contributed by atoms with Crippen molar-refractivity contribution >= 4 is 17.8 Å². The summed E-state index contributed by atoms with van der Waals surface area (Å²) in [7, 11) is 0. The van der Waals surface area contributed by atoms with E-state index >= 15 is 0 Å². The number of hydrogen-bond acceptors (Lipinski definition) is 2. The maximum Gasteiger partial charge on any atom is 0.119 e.